The summed E-state index contributed by atoms with van der Waals surface area (Å²) in [7, 11) is 0. The van der Waals surface area contributed by atoms with Crippen molar-refractivity contribution in [3.05, 3.63) is 72.3 Å². The van der Waals surface area contributed by atoms with E-state index in [0.29, 0.717) is 6.42 Å². The van der Waals surface area contributed by atoms with E-state index >= 15 is 0 Å². The predicted molar refractivity (Wildman–Crippen MR) is 88.7 cm³/mol. The van der Waals surface area contributed by atoms with Crippen LogP contribution in [0.1, 0.15) is 25.4 Å². The maximum absolute atomic E-state index is 12.2. The van der Waals surface area contributed by atoms with Gasteiger partial charge in [-0.15, -0.1) is 0 Å². The molecule has 0 aliphatic rings. The van der Waals surface area contributed by atoms with Crippen molar-refractivity contribution in [2.45, 2.75) is 19.4 Å². The van der Waals surface area contributed by atoms with Crippen LogP contribution in [0.3, 0.4) is 0 Å². The van der Waals surface area contributed by atoms with E-state index < -0.39 is 36.2 Å². The minimum atomic E-state index is -0.942. The van der Waals surface area contributed by atoms with Crippen LogP contribution in [0.4, 0.5) is 11.6 Å². The number of rotatable bonds is 5. The van der Waals surface area contributed by atoms with Crippen molar-refractivity contribution in [2.75, 3.05) is 5.32 Å². The Bertz CT molecular complexity index is 1030. The molecule has 2 aromatic carbocycles. The molecule has 0 bridgehead atoms. The van der Waals surface area contributed by atoms with Crippen molar-refractivity contribution in [1.29, 1.82) is 0 Å². The maximum Gasteiger partial charge on any atom is 0.322 e. The Labute approximate surface area is 147 Å². The molecule has 0 amide bonds. The smallest absolute Gasteiger partial charge is 0.322 e. The third kappa shape index (κ3) is 4.19. The van der Waals surface area contributed by atoms with Gasteiger partial charge in [0.05, 0.1) is 12.9 Å². The van der Waals surface area contributed by atoms with Gasteiger partial charge in [0, 0.05) is 19.0 Å². The first kappa shape index (κ1) is 10.6. The van der Waals surface area contributed by atoms with E-state index in [9.17, 15) is 5.11 Å². The molecule has 0 saturated heterocycles. The fraction of sp³-hybridized carbons (Fsp3) is 0.167. The highest BCUT2D eigenvalue weighted by Crippen LogP contribution is 2.12. The lowest BCUT2D eigenvalue weighted by Gasteiger charge is -2.11. The van der Waals surface area contributed by atoms with Gasteiger partial charge in [0.2, 0.25) is 5.27 Å². The number of hydrogen-bond donors (Lipinski definition) is 1. The van der Waals surface area contributed by atoms with Crippen molar-refractivity contribution in [1.82, 2.24) is 5.27 Å². The molecule has 0 aliphatic carbocycles. The molecular weight excluding hydrogens is 304 g/mol. The number of para-hydroxylation sites is 1. The normalized spacial score (nSPS) is 15.7. The van der Waals surface area contributed by atoms with Crippen molar-refractivity contribution in [3.63, 3.8) is 0 Å². The lowest BCUT2D eigenvalue weighted by molar-refractivity contribution is -0.782. The van der Waals surface area contributed by atoms with Crippen LogP contribution in [-0.2, 0) is 6.42 Å². The second kappa shape index (κ2) is 7.41. The first-order valence-electron chi connectivity index (χ1n) is 9.79. The summed E-state index contributed by atoms with van der Waals surface area (Å²) in [5.74, 6) is -0.0743. The van der Waals surface area contributed by atoms with Crippen LogP contribution in [-0.4, -0.2) is 11.3 Å². The average molecular weight is 327 g/mol. The van der Waals surface area contributed by atoms with Crippen LogP contribution in [0.2, 0.25) is 0 Å². The van der Waals surface area contributed by atoms with Gasteiger partial charge in [0.15, 0.2) is 6.04 Å². The molecule has 6 nitrogen and oxygen atoms in total. The molecule has 122 valence electrons. The second-order valence-electron chi connectivity index (χ2n) is 5.10. The first-order chi connectivity index (χ1) is 13.8. The van der Waals surface area contributed by atoms with Crippen LogP contribution in [0.5, 0.6) is 0 Å². The van der Waals surface area contributed by atoms with Gasteiger partial charge in [-0.05, 0) is 22.3 Å². The van der Waals surface area contributed by atoms with E-state index in [-0.39, 0.29) is 17.6 Å². The first-order valence-corrected chi connectivity index (χ1v) is 7.29. The third-order valence-corrected chi connectivity index (χ3v) is 3.24. The van der Waals surface area contributed by atoms with Gasteiger partial charge in [-0.1, -0.05) is 48.5 Å². The number of aliphatic imine (C=N–C) groups is 1. The monoisotopic (exact) mass is 327 g/mol. The fourth-order valence-corrected chi connectivity index (χ4v) is 2.10. The lowest BCUT2D eigenvalue weighted by Crippen LogP contribution is -2.39. The molecule has 0 spiro atoms. The summed E-state index contributed by atoms with van der Waals surface area (Å²) in [5.41, 5.74) is 0.766. The highest BCUT2D eigenvalue weighted by atomic mass is 16.5. The van der Waals surface area contributed by atoms with E-state index in [1.807, 2.05) is 37.3 Å². The number of nitrogens with zero attached hydrogens (tertiary/aromatic N) is 3. The molecule has 3 rings (SSSR count). The number of amidine groups is 1. The summed E-state index contributed by atoms with van der Waals surface area (Å²) in [6.07, 6.45) is 2.15. The van der Waals surface area contributed by atoms with Crippen molar-refractivity contribution in [3.8, 4) is 0 Å². The highest BCUT2D eigenvalue weighted by Gasteiger charge is 2.19. The predicted octanol–water partition coefficient (Wildman–Crippen LogP) is 2.23. The van der Waals surface area contributed by atoms with Gasteiger partial charge < -0.3 is 10.4 Å². The topological polar surface area (TPSA) is 77.4 Å². The van der Waals surface area contributed by atoms with Crippen LogP contribution in [0.15, 0.2) is 76.3 Å². The zero-order chi connectivity index (χ0) is 21.1. The van der Waals surface area contributed by atoms with Gasteiger partial charge in [-0.25, -0.2) is 4.99 Å². The average Bonchev–Trinajstić information content (AvgIpc) is 3.17. The van der Waals surface area contributed by atoms with Crippen LogP contribution in [0.25, 0.3) is 0 Å². The second-order valence-corrected chi connectivity index (χ2v) is 5.10. The molecule has 0 aliphatic heterocycles. The zero-order valence-electron chi connectivity index (χ0n) is 17.9. The molecule has 0 saturated carbocycles. The largest absolute Gasteiger partial charge is 0.846 e. The molecule has 1 atom stereocenters. The van der Waals surface area contributed by atoms with E-state index in [1.165, 1.54) is 10.9 Å². The molecule has 0 unspecified atom stereocenters. The summed E-state index contributed by atoms with van der Waals surface area (Å²) in [6.45, 7) is 1.94. The van der Waals surface area contributed by atoms with Crippen LogP contribution in [0, 0.1) is 0 Å². The summed E-state index contributed by atoms with van der Waals surface area (Å²) in [4.78, 5) is 3.69. The Balaban J connectivity index is 1.77. The third-order valence-electron chi connectivity index (χ3n) is 3.24. The van der Waals surface area contributed by atoms with Gasteiger partial charge in [0.25, 0.3) is 6.20 Å². The SMILES string of the molecule is [2H]c1c([2H])c([2H])c(NC([O-])=Nc2c[n+]([C@H](C)Cc3ccccc3)no2)c([2H])c1[2H]. The van der Waals surface area contributed by atoms with Crippen LogP contribution >= 0.6 is 0 Å². The van der Waals surface area contributed by atoms with E-state index in [2.05, 4.69) is 15.6 Å². The number of anilines is 1. The van der Waals surface area contributed by atoms with Gasteiger partial charge >= 0.3 is 5.88 Å². The van der Waals surface area contributed by atoms with E-state index in [4.69, 9.17) is 11.4 Å². The van der Waals surface area contributed by atoms with E-state index in [1.54, 1.807) is 0 Å². The van der Waals surface area contributed by atoms with Crippen molar-refractivity contribution >= 4 is 17.6 Å². The van der Waals surface area contributed by atoms with E-state index in [0.717, 1.165) is 5.56 Å². The Hall–Kier alpha value is -3.15. The minimum absolute atomic E-state index is 0.0470. The Morgan fingerprint density at radius 1 is 1.33 bits per heavy atom. The Kier molecular flexibility index (Phi) is 3.27. The van der Waals surface area contributed by atoms with Crippen LogP contribution < -0.4 is 15.1 Å². The van der Waals surface area contributed by atoms with Gasteiger partial charge in [0.1, 0.15) is 0 Å². The summed E-state index contributed by atoms with van der Waals surface area (Å²) >= 11 is 0. The number of benzene rings is 2. The molecule has 6 heteroatoms. The number of nitrogens with one attached hydrogen (secondary N) is 1. The Morgan fingerprint density at radius 3 is 2.83 bits per heavy atom. The van der Waals surface area contributed by atoms with Crippen molar-refractivity contribution in [2.24, 2.45) is 4.99 Å². The Morgan fingerprint density at radius 2 is 2.08 bits per heavy atom. The molecule has 1 heterocycles. The number of hydrogen-bond acceptors (Lipinski definition) is 4. The van der Waals surface area contributed by atoms with Crippen molar-refractivity contribution < 1.29 is 21.2 Å². The molecule has 1 N–H and O–H groups in total. The molecule has 0 fully saturated rings. The molecule has 3 aromatic rings. The van der Waals surface area contributed by atoms with Gasteiger partial charge in [-0.2, -0.15) is 0 Å². The molecule has 1 aromatic heterocycles. The molecule has 0 radical (unpaired) electrons. The zero-order valence-corrected chi connectivity index (χ0v) is 12.9. The molecular formula is C18H18N4O2. The summed E-state index contributed by atoms with van der Waals surface area (Å²) in [6, 6.07) is 6.14. The minimum Gasteiger partial charge on any atom is -0.846 e. The quantitative estimate of drug-likeness (QED) is 0.443. The number of aromatic nitrogens is 2. The standard InChI is InChI=1S/C18H18N4O2/c1-14(12-15-8-4-2-5-9-15)22-13-17(24-21-22)20-18(23)19-16-10-6-3-7-11-16/h2-11,13-14H,12H2,1H3,(H-,19,20,21,23)/t14-/m1/s1/i3D,6D,7D,10D,11D. The van der Waals surface area contributed by atoms with Gasteiger partial charge in [-0.3, -0.25) is 4.52 Å². The lowest BCUT2D eigenvalue weighted by atomic mass is 10.1. The summed E-state index contributed by atoms with van der Waals surface area (Å²) < 4.78 is 45.0. The highest BCUT2D eigenvalue weighted by molar-refractivity contribution is 5.86. The fourth-order valence-electron chi connectivity index (χ4n) is 2.10. The molecule has 24 heavy (non-hydrogen) atoms. The summed E-state index contributed by atoms with van der Waals surface area (Å²) in [5, 5.41) is 18.2. The maximum atomic E-state index is 12.2.